The Morgan fingerprint density at radius 1 is 1.13 bits per heavy atom. The highest BCUT2D eigenvalue weighted by Crippen LogP contribution is 2.43. The highest BCUT2D eigenvalue weighted by atomic mass is 35.5. The van der Waals surface area contributed by atoms with Gasteiger partial charge in [-0.25, -0.2) is 0 Å². The third-order valence-corrected chi connectivity index (χ3v) is 5.51. The van der Waals surface area contributed by atoms with Crippen LogP contribution < -0.4 is 9.47 Å². The molecular formula is C23H24ClNO5. The molecule has 1 aliphatic rings. The van der Waals surface area contributed by atoms with Crippen LogP contribution in [0.4, 0.5) is 0 Å². The molecule has 158 valence electrons. The zero-order valence-electron chi connectivity index (χ0n) is 17.4. The number of rotatable bonds is 6. The Balaban J connectivity index is 2.30. The number of nitrogens with zero attached hydrogens (tertiary/aromatic N) is 1. The molecule has 6 nitrogen and oxygen atoms in total. The van der Waals surface area contributed by atoms with Crippen molar-refractivity contribution in [3.05, 3.63) is 63.7 Å². The van der Waals surface area contributed by atoms with E-state index in [1.807, 2.05) is 38.1 Å². The van der Waals surface area contributed by atoms with Crippen LogP contribution in [-0.4, -0.2) is 42.5 Å². The fourth-order valence-corrected chi connectivity index (χ4v) is 3.99. The van der Waals surface area contributed by atoms with Crippen LogP contribution in [0.5, 0.6) is 11.5 Å². The quantitative estimate of drug-likeness (QED) is 0.415. The van der Waals surface area contributed by atoms with Gasteiger partial charge in [0, 0.05) is 12.6 Å². The number of carbonyl (C=O) groups excluding carboxylic acids is 2. The van der Waals surface area contributed by atoms with Crippen molar-refractivity contribution in [3.63, 3.8) is 0 Å². The second kappa shape index (κ2) is 8.79. The standard InChI is InChI=1S/C23H24ClNO5/c1-5-10-25-20(14-9-7-6-8-13(14)2)19(22(27)23(25)28)21(26)15-11-18(30-4)16(24)12-17(15)29-3/h6-9,11-12,20,26H,5,10H2,1-4H3/b21-19+. The molecular weight excluding hydrogens is 406 g/mol. The Kier molecular flexibility index (Phi) is 6.37. The predicted octanol–water partition coefficient (Wildman–Crippen LogP) is 4.50. The van der Waals surface area contributed by atoms with Crippen LogP contribution in [0.25, 0.3) is 5.76 Å². The monoisotopic (exact) mass is 429 g/mol. The van der Waals surface area contributed by atoms with Crippen molar-refractivity contribution in [2.45, 2.75) is 26.3 Å². The van der Waals surface area contributed by atoms with E-state index < -0.39 is 17.7 Å². The average molecular weight is 430 g/mol. The van der Waals surface area contributed by atoms with Crippen molar-refractivity contribution in [1.29, 1.82) is 0 Å². The number of halogens is 1. The largest absolute Gasteiger partial charge is 0.507 e. The maximum Gasteiger partial charge on any atom is 0.295 e. The molecule has 1 N–H and O–H groups in total. The molecule has 1 aliphatic heterocycles. The Morgan fingerprint density at radius 2 is 1.80 bits per heavy atom. The minimum absolute atomic E-state index is 0.0189. The van der Waals surface area contributed by atoms with Crippen LogP contribution in [0.15, 0.2) is 42.0 Å². The Hall–Kier alpha value is -2.99. The molecule has 1 atom stereocenters. The van der Waals surface area contributed by atoms with E-state index in [0.29, 0.717) is 23.7 Å². The van der Waals surface area contributed by atoms with Gasteiger partial charge in [-0.1, -0.05) is 42.8 Å². The molecule has 1 heterocycles. The van der Waals surface area contributed by atoms with Gasteiger partial charge in [0.1, 0.15) is 17.3 Å². The van der Waals surface area contributed by atoms with E-state index >= 15 is 0 Å². The number of aryl methyl sites for hydroxylation is 1. The fraction of sp³-hybridized carbons (Fsp3) is 0.304. The molecule has 0 aromatic heterocycles. The average Bonchev–Trinajstić information content (AvgIpc) is 2.98. The number of carbonyl (C=O) groups is 2. The number of Topliss-reactive ketones (excluding diaryl/α,β-unsaturated/α-hetero) is 1. The fourth-order valence-electron chi connectivity index (χ4n) is 3.76. The maximum atomic E-state index is 13.0. The predicted molar refractivity (Wildman–Crippen MR) is 115 cm³/mol. The third kappa shape index (κ3) is 3.63. The Bertz CT molecular complexity index is 1030. The lowest BCUT2D eigenvalue weighted by Gasteiger charge is -2.26. The van der Waals surface area contributed by atoms with E-state index in [1.54, 1.807) is 0 Å². The summed E-state index contributed by atoms with van der Waals surface area (Å²) in [4.78, 5) is 27.3. The van der Waals surface area contributed by atoms with Crippen molar-refractivity contribution < 1.29 is 24.2 Å². The number of ketones is 1. The first-order valence-electron chi connectivity index (χ1n) is 9.61. The highest BCUT2D eigenvalue weighted by molar-refractivity contribution is 6.46. The van der Waals surface area contributed by atoms with Gasteiger partial charge in [-0.2, -0.15) is 0 Å². The molecule has 2 aromatic rings. The molecule has 0 saturated carbocycles. The van der Waals surface area contributed by atoms with Crippen LogP contribution >= 0.6 is 11.6 Å². The number of hydrogen-bond donors (Lipinski definition) is 1. The van der Waals surface area contributed by atoms with Gasteiger partial charge in [0.2, 0.25) is 0 Å². The van der Waals surface area contributed by atoms with Crippen molar-refractivity contribution in [3.8, 4) is 11.5 Å². The molecule has 0 radical (unpaired) electrons. The number of likely N-dealkylation sites (tertiary alicyclic amines) is 1. The summed E-state index contributed by atoms with van der Waals surface area (Å²) in [5, 5.41) is 11.5. The van der Waals surface area contributed by atoms with Crippen LogP contribution in [-0.2, 0) is 9.59 Å². The first-order chi connectivity index (χ1) is 14.3. The smallest absolute Gasteiger partial charge is 0.295 e. The Morgan fingerprint density at radius 3 is 2.40 bits per heavy atom. The number of amides is 1. The summed E-state index contributed by atoms with van der Waals surface area (Å²) < 4.78 is 10.6. The lowest BCUT2D eigenvalue weighted by Crippen LogP contribution is -2.30. The van der Waals surface area contributed by atoms with Crippen LogP contribution in [0.3, 0.4) is 0 Å². The minimum atomic E-state index is -0.731. The lowest BCUT2D eigenvalue weighted by atomic mass is 9.92. The van der Waals surface area contributed by atoms with E-state index in [0.717, 1.165) is 11.1 Å². The van der Waals surface area contributed by atoms with Crippen LogP contribution in [0.1, 0.15) is 36.1 Å². The normalized spacial score (nSPS) is 18.0. The summed E-state index contributed by atoms with van der Waals surface area (Å²) in [6.07, 6.45) is 0.674. The SMILES string of the molecule is CCCN1C(=O)C(=O)/C(=C(/O)c2cc(OC)c(Cl)cc2OC)C1c1ccccc1C. The number of aliphatic hydroxyl groups is 1. The molecule has 0 spiro atoms. The molecule has 1 unspecified atom stereocenters. The molecule has 0 bridgehead atoms. The maximum absolute atomic E-state index is 13.0. The molecule has 1 amide bonds. The number of aliphatic hydroxyl groups excluding tert-OH is 1. The molecule has 2 aromatic carbocycles. The van der Waals surface area contributed by atoms with Gasteiger partial charge in [0.05, 0.1) is 36.4 Å². The zero-order valence-corrected chi connectivity index (χ0v) is 18.1. The molecule has 3 rings (SSSR count). The van der Waals surface area contributed by atoms with Crippen LogP contribution in [0, 0.1) is 6.92 Å². The van der Waals surface area contributed by atoms with Gasteiger partial charge >= 0.3 is 0 Å². The van der Waals surface area contributed by atoms with E-state index in [2.05, 4.69) is 0 Å². The second-order valence-electron chi connectivity index (χ2n) is 7.04. The molecule has 1 fully saturated rings. The van der Waals surface area contributed by atoms with Crippen LogP contribution in [0.2, 0.25) is 5.02 Å². The lowest BCUT2D eigenvalue weighted by molar-refractivity contribution is -0.139. The summed E-state index contributed by atoms with van der Waals surface area (Å²) in [5.74, 6) is -1.11. The van der Waals surface area contributed by atoms with Crippen molar-refractivity contribution in [2.24, 2.45) is 0 Å². The highest BCUT2D eigenvalue weighted by Gasteiger charge is 2.46. The van der Waals surface area contributed by atoms with E-state index in [-0.39, 0.29) is 22.6 Å². The van der Waals surface area contributed by atoms with E-state index in [9.17, 15) is 14.7 Å². The molecule has 7 heteroatoms. The van der Waals surface area contributed by atoms with Gasteiger partial charge in [-0.05, 0) is 30.5 Å². The summed E-state index contributed by atoms with van der Waals surface area (Å²) in [6, 6.07) is 9.81. The van der Waals surface area contributed by atoms with Crippen molar-refractivity contribution in [2.75, 3.05) is 20.8 Å². The van der Waals surface area contributed by atoms with Gasteiger partial charge in [-0.15, -0.1) is 0 Å². The van der Waals surface area contributed by atoms with Crippen molar-refractivity contribution >= 4 is 29.1 Å². The number of benzene rings is 2. The minimum Gasteiger partial charge on any atom is -0.507 e. The first kappa shape index (κ1) is 21.7. The topological polar surface area (TPSA) is 76.1 Å². The number of ether oxygens (including phenoxy) is 2. The Labute approximate surface area is 180 Å². The third-order valence-electron chi connectivity index (χ3n) is 5.22. The van der Waals surface area contributed by atoms with Gasteiger partial charge in [-0.3, -0.25) is 9.59 Å². The van der Waals surface area contributed by atoms with E-state index in [1.165, 1.54) is 31.3 Å². The molecule has 0 aliphatic carbocycles. The molecule has 30 heavy (non-hydrogen) atoms. The first-order valence-corrected chi connectivity index (χ1v) is 9.99. The van der Waals surface area contributed by atoms with Gasteiger partial charge in [0.25, 0.3) is 11.7 Å². The number of methoxy groups -OCH3 is 2. The summed E-state index contributed by atoms with van der Waals surface area (Å²) in [7, 11) is 2.88. The van der Waals surface area contributed by atoms with Crippen molar-refractivity contribution in [1.82, 2.24) is 4.90 Å². The van der Waals surface area contributed by atoms with E-state index in [4.69, 9.17) is 21.1 Å². The van der Waals surface area contributed by atoms with Gasteiger partial charge < -0.3 is 19.5 Å². The number of hydrogen-bond acceptors (Lipinski definition) is 5. The summed E-state index contributed by atoms with van der Waals surface area (Å²) in [6.45, 7) is 4.23. The second-order valence-corrected chi connectivity index (χ2v) is 7.44. The van der Waals surface area contributed by atoms with Gasteiger partial charge in [0.15, 0.2) is 0 Å². The summed E-state index contributed by atoms with van der Waals surface area (Å²) in [5.41, 5.74) is 1.95. The molecule has 1 saturated heterocycles. The summed E-state index contributed by atoms with van der Waals surface area (Å²) >= 11 is 6.17. The zero-order chi connectivity index (χ0) is 22.0.